The van der Waals surface area contributed by atoms with E-state index in [1.807, 2.05) is 0 Å². The van der Waals surface area contributed by atoms with Crippen molar-refractivity contribution in [2.45, 2.75) is 82.0 Å². The second-order valence-electron chi connectivity index (χ2n) is 8.26. The van der Waals surface area contributed by atoms with Gasteiger partial charge in [-0.05, 0) is 26.7 Å². The summed E-state index contributed by atoms with van der Waals surface area (Å²) in [6.45, 7) is 2.12. The molecule has 0 spiro atoms. The average Bonchev–Trinajstić information content (AvgIpc) is 3.01. The highest BCUT2D eigenvalue weighted by Gasteiger charge is 2.63. The van der Waals surface area contributed by atoms with Crippen molar-refractivity contribution in [3.8, 4) is 0 Å². The second kappa shape index (κ2) is 7.20. The standard InChI is InChI=1S/C19H28FN5O3/c1-18(20)17(28-13(9-26)19(18,2)27)25-11-23-14-15(21-10-22-16(14)25)24-12-7-5-3-4-6-8-12/h10-13,17,26-27H,3-9H2,1-2H3,(H,21,22,24)/t13-,17+,18+,19+/m1/s1. The summed E-state index contributed by atoms with van der Waals surface area (Å²) in [5.41, 5.74) is -3.03. The number of fused-ring (bicyclic) bond motifs is 1. The molecule has 4 atom stereocenters. The summed E-state index contributed by atoms with van der Waals surface area (Å²) in [6.07, 6.45) is 7.73. The van der Waals surface area contributed by atoms with Crippen LogP contribution in [0.1, 0.15) is 58.6 Å². The van der Waals surface area contributed by atoms with E-state index in [4.69, 9.17) is 4.74 Å². The molecule has 0 bridgehead atoms. The maximum atomic E-state index is 15.5. The molecule has 0 unspecified atom stereocenters. The van der Waals surface area contributed by atoms with Crippen molar-refractivity contribution in [3.63, 3.8) is 0 Å². The fourth-order valence-electron chi connectivity index (χ4n) is 4.27. The van der Waals surface area contributed by atoms with Crippen LogP contribution in [0.4, 0.5) is 10.2 Å². The molecule has 9 heteroatoms. The van der Waals surface area contributed by atoms with Gasteiger partial charge in [-0.25, -0.2) is 19.3 Å². The third-order valence-corrected chi connectivity index (χ3v) is 6.35. The van der Waals surface area contributed by atoms with E-state index in [0.717, 1.165) is 12.8 Å². The number of ether oxygens (including phenoxy) is 1. The number of aliphatic hydroxyl groups excluding tert-OH is 1. The summed E-state index contributed by atoms with van der Waals surface area (Å²) in [5, 5.41) is 23.6. The Balaban J connectivity index is 1.67. The zero-order valence-corrected chi connectivity index (χ0v) is 16.3. The fourth-order valence-corrected chi connectivity index (χ4v) is 4.27. The quantitative estimate of drug-likeness (QED) is 0.685. The summed E-state index contributed by atoms with van der Waals surface area (Å²) < 4.78 is 22.6. The van der Waals surface area contributed by atoms with Gasteiger partial charge in [-0.3, -0.25) is 4.57 Å². The molecule has 8 nitrogen and oxygen atoms in total. The Bertz CT molecular complexity index is 832. The number of rotatable bonds is 4. The highest BCUT2D eigenvalue weighted by molar-refractivity contribution is 5.82. The predicted octanol–water partition coefficient (Wildman–Crippen LogP) is 2.33. The molecule has 2 fully saturated rings. The lowest BCUT2D eigenvalue weighted by Gasteiger charge is -2.32. The minimum absolute atomic E-state index is 0.333. The van der Waals surface area contributed by atoms with Gasteiger partial charge in [-0.15, -0.1) is 0 Å². The van der Waals surface area contributed by atoms with Gasteiger partial charge in [0.25, 0.3) is 0 Å². The maximum Gasteiger partial charge on any atom is 0.183 e. The lowest BCUT2D eigenvalue weighted by Crippen LogP contribution is -2.51. The molecule has 0 amide bonds. The van der Waals surface area contributed by atoms with E-state index in [1.54, 1.807) is 0 Å². The Morgan fingerprint density at radius 3 is 2.57 bits per heavy atom. The van der Waals surface area contributed by atoms with Crippen molar-refractivity contribution in [3.05, 3.63) is 12.7 Å². The number of hydrogen-bond donors (Lipinski definition) is 3. The van der Waals surface area contributed by atoms with E-state index in [2.05, 4.69) is 20.3 Å². The monoisotopic (exact) mass is 393 g/mol. The molecule has 4 rings (SSSR count). The third kappa shape index (κ3) is 3.05. The summed E-state index contributed by atoms with van der Waals surface area (Å²) in [7, 11) is 0. The predicted molar refractivity (Wildman–Crippen MR) is 102 cm³/mol. The Hall–Kier alpha value is -1.84. The van der Waals surface area contributed by atoms with Crippen LogP contribution in [-0.4, -0.2) is 59.8 Å². The lowest BCUT2D eigenvalue weighted by atomic mass is 9.85. The number of alkyl halides is 1. The summed E-state index contributed by atoms with van der Waals surface area (Å²) in [6, 6.07) is 0.333. The van der Waals surface area contributed by atoms with Crippen LogP contribution in [0.15, 0.2) is 12.7 Å². The number of anilines is 1. The molecule has 2 aromatic heterocycles. The second-order valence-corrected chi connectivity index (χ2v) is 8.26. The van der Waals surface area contributed by atoms with Gasteiger partial charge in [0, 0.05) is 6.04 Å². The zero-order chi connectivity index (χ0) is 19.9. The normalized spacial score (nSPS) is 34.6. The molecule has 1 aliphatic heterocycles. The number of aliphatic hydroxyl groups is 2. The Morgan fingerprint density at radius 2 is 1.93 bits per heavy atom. The number of hydrogen-bond acceptors (Lipinski definition) is 7. The first kappa shape index (κ1) is 19.5. The number of halogens is 1. The van der Waals surface area contributed by atoms with Gasteiger partial charge < -0.3 is 20.3 Å². The Morgan fingerprint density at radius 1 is 1.21 bits per heavy atom. The van der Waals surface area contributed by atoms with Crippen molar-refractivity contribution in [2.75, 3.05) is 11.9 Å². The van der Waals surface area contributed by atoms with Crippen molar-refractivity contribution < 1.29 is 19.3 Å². The van der Waals surface area contributed by atoms with Crippen molar-refractivity contribution in [2.24, 2.45) is 0 Å². The fraction of sp³-hybridized carbons (Fsp3) is 0.737. The molecular weight excluding hydrogens is 365 g/mol. The number of aromatic nitrogens is 4. The van der Waals surface area contributed by atoms with Crippen molar-refractivity contribution in [1.82, 2.24) is 19.5 Å². The highest BCUT2D eigenvalue weighted by atomic mass is 19.1. The maximum absolute atomic E-state index is 15.5. The van der Waals surface area contributed by atoms with Crippen LogP contribution in [0.5, 0.6) is 0 Å². The number of nitrogens with zero attached hydrogens (tertiary/aromatic N) is 4. The van der Waals surface area contributed by atoms with Crippen LogP contribution in [0, 0.1) is 0 Å². The molecule has 154 valence electrons. The Kier molecular flexibility index (Phi) is 5.01. The molecule has 0 radical (unpaired) electrons. The topological polar surface area (TPSA) is 105 Å². The molecule has 3 N–H and O–H groups in total. The van der Waals surface area contributed by atoms with Crippen LogP contribution in [-0.2, 0) is 4.74 Å². The smallest absolute Gasteiger partial charge is 0.183 e. The van der Waals surface area contributed by atoms with E-state index < -0.39 is 30.2 Å². The van der Waals surface area contributed by atoms with Crippen LogP contribution in [0.3, 0.4) is 0 Å². The van der Waals surface area contributed by atoms with Gasteiger partial charge in [0.05, 0.1) is 12.9 Å². The van der Waals surface area contributed by atoms with Crippen molar-refractivity contribution in [1.29, 1.82) is 0 Å². The Labute approximate surface area is 163 Å². The van der Waals surface area contributed by atoms with E-state index in [9.17, 15) is 10.2 Å². The van der Waals surface area contributed by atoms with Crippen LogP contribution < -0.4 is 5.32 Å². The minimum atomic E-state index is -2.14. The zero-order valence-electron chi connectivity index (χ0n) is 16.3. The van der Waals surface area contributed by atoms with Crippen molar-refractivity contribution >= 4 is 17.0 Å². The molecule has 0 aromatic carbocycles. The summed E-state index contributed by atoms with van der Waals surface area (Å²) >= 11 is 0. The van der Waals surface area contributed by atoms with Gasteiger partial charge in [-0.1, -0.05) is 25.7 Å². The van der Waals surface area contributed by atoms with E-state index in [-0.39, 0.29) is 0 Å². The molecule has 2 aromatic rings. The number of imidazole rings is 1. The first-order valence-corrected chi connectivity index (χ1v) is 9.98. The van der Waals surface area contributed by atoms with Gasteiger partial charge in [0.15, 0.2) is 28.9 Å². The molecule has 2 aliphatic rings. The van der Waals surface area contributed by atoms with Crippen LogP contribution in [0.25, 0.3) is 11.2 Å². The molecule has 3 heterocycles. The van der Waals surface area contributed by atoms with E-state index in [0.29, 0.717) is 23.0 Å². The minimum Gasteiger partial charge on any atom is -0.394 e. The molecule has 1 saturated heterocycles. The van der Waals surface area contributed by atoms with Gasteiger partial charge in [0.2, 0.25) is 0 Å². The van der Waals surface area contributed by atoms with E-state index in [1.165, 1.54) is 56.8 Å². The molecule has 1 aliphatic carbocycles. The van der Waals surface area contributed by atoms with Gasteiger partial charge in [-0.2, -0.15) is 0 Å². The largest absolute Gasteiger partial charge is 0.394 e. The third-order valence-electron chi connectivity index (χ3n) is 6.35. The first-order chi connectivity index (χ1) is 13.4. The average molecular weight is 393 g/mol. The molecule has 1 saturated carbocycles. The van der Waals surface area contributed by atoms with Crippen LogP contribution >= 0.6 is 0 Å². The summed E-state index contributed by atoms with van der Waals surface area (Å²) in [5.74, 6) is 0.625. The van der Waals surface area contributed by atoms with Crippen LogP contribution in [0.2, 0.25) is 0 Å². The lowest BCUT2D eigenvalue weighted by molar-refractivity contribution is -0.0891. The highest BCUT2D eigenvalue weighted by Crippen LogP contribution is 2.48. The first-order valence-electron chi connectivity index (χ1n) is 9.98. The molecular formula is C19H28FN5O3. The van der Waals surface area contributed by atoms with E-state index >= 15 is 4.39 Å². The van der Waals surface area contributed by atoms with Gasteiger partial charge >= 0.3 is 0 Å². The van der Waals surface area contributed by atoms with Gasteiger partial charge in [0.1, 0.15) is 18.0 Å². The summed E-state index contributed by atoms with van der Waals surface area (Å²) in [4.78, 5) is 13.0. The molecule has 28 heavy (non-hydrogen) atoms. The number of nitrogens with one attached hydrogen (secondary N) is 1. The SMILES string of the molecule is C[C@]1(O)[C@@H](CO)O[C@H](n2cnc3c(NC4CCCCCC4)ncnc32)[C@]1(C)F.